The van der Waals surface area contributed by atoms with Crippen molar-refractivity contribution in [2.45, 2.75) is 0 Å². The van der Waals surface area contributed by atoms with Crippen LogP contribution in [0.1, 0.15) is 0 Å². The van der Waals surface area contributed by atoms with E-state index >= 15 is 0 Å². The van der Waals surface area contributed by atoms with Crippen LogP contribution in [0.4, 0.5) is 4.39 Å². The van der Waals surface area contributed by atoms with Crippen LogP contribution in [0.3, 0.4) is 0 Å². The zero-order valence-electron chi connectivity index (χ0n) is 6.51. The molecule has 0 bridgehead atoms. The van der Waals surface area contributed by atoms with E-state index in [2.05, 4.69) is 15.9 Å². The molecule has 0 saturated heterocycles. The fourth-order valence-corrected chi connectivity index (χ4v) is 1.63. The number of aryl methyl sites for hydroxylation is 1. The molecule has 0 spiro atoms. The van der Waals surface area contributed by atoms with Crippen molar-refractivity contribution in [3.05, 3.63) is 34.7 Å². The predicted octanol–water partition coefficient (Wildman–Crippen LogP) is 3.08. The maximum atomic E-state index is 13.4. The standard InChI is InChI=1S/C9H7BrFN/c1-12-5-4-6-8(12)3-2-7(10)9(6)11/h2-5H,1H3. The highest BCUT2D eigenvalue weighted by Gasteiger charge is 2.06. The highest BCUT2D eigenvalue weighted by Crippen LogP contribution is 2.24. The van der Waals surface area contributed by atoms with Gasteiger partial charge in [0.2, 0.25) is 0 Å². The molecule has 0 atom stereocenters. The summed E-state index contributed by atoms with van der Waals surface area (Å²) in [6.45, 7) is 0. The molecule has 1 aromatic carbocycles. The van der Waals surface area contributed by atoms with Gasteiger partial charge >= 0.3 is 0 Å². The third-order valence-corrected chi connectivity index (χ3v) is 2.57. The monoisotopic (exact) mass is 227 g/mol. The highest BCUT2D eigenvalue weighted by atomic mass is 79.9. The van der Waals surface area contributed by atoms with Gasteiger partial charge in [0.05, 0.1) is 9.99 Å². The lowest BCUT2D eigenvalue weighted by molar-refractivity contribution is 0.633. The summed E-state index contributed by atoms with van der Waals surface area (Å²) in [5.74, 6) is -0.187. The Labute approximate surface area is 77.9 Å². The van der Waals surface area contributed by atoms with E-state index in [1.54, 1.807) is 12.1 Å². The van der Waals surface area contributed by atoms with Gasteiger partial charge in [-0.05, 0) is 34.1 Å². The summed E-state index contributed by atoms with van der Waals surface area (Å²) < 4.78 is 15.8. The van der Waals surface area contributed by atoms with Crippen LogP contribution in [0.5, 0.6) is 0 Å². The SMILES string of the molecule is Cn1ccc2c(F)c(Br)ccc21. The molecule has 0 N–H and O–H groups in total. The highest BCUT2D eigenvalue weighted by molar-refractivity contribution is 9.10. The molecular formula is C9H7BrFN. The van der Waals surface area contributed by atoms with Crippen LogP contribution in [0.2, 0.25) is 0 Å². The third kappa shape index (κ3) is 0.966. The molecule has 0 aliphatic heterocycles. The van der Waals surface area contributed by atoms with Crippen LogP contribution < -0.4 is 0 Å². The second kappa shape index (κ2) is 2.59. The Morgan fingerprint density at radius 3 is 2.83 bits per heavy atom. The van der Waals surface area contributed by atoms with Crippen molar-refractivity contribution in [3.8, 4) is 0 Å². The number of fused-ring (bicyclic) bond motifs is 1. The van der Waals surface area contributed by atoms with Gasteiger partial charge in [-0.15, -0.1) is 0 Å². The van der Waals surface area contributed by atoms with E-state index in [0.29, 0.717) is 9.86 Å². The fourth-order valence-electron chi connectivity index (χ4n) is 1.29. The van der Waals surface area contributed by atoms with E-state index < -0.39 is 0 Å². The van der Waals surface area contributed by atoms with E-state index in [1.165, 1.54) is 0 Å². The fraction of sp³-hybridized carbons (Fsp3) is 0.111. The van der Waals surface area contributed by atoms with Gasteiger partial charge < -0.3 is 4.57 Å². The summed E-state index contributed by atoms with van der Waals surface area (Å²) in [6, 6.07) is 5.38. The molecule has 1 nitrogen and oxygen atoms in total. The maximum absolute atomic E-state index is 13.4. The van der Waals surface area contributed by atoms with Crippen LogP contribution in [0.25, 0.3) is 10.9 Å². The van der Waals surface area contributed by atoms with E-state index in [9.17, 15) is 4.39 Å². The van der Waals surface area contributed by atoms with Crippen molar-refractivity contribution in [2.75, 3.05) is 0 Å². The van der Waals surface area contributed by atoms with Crippen LogP contribution in [-0.4, -0.2) is 4.57 Å². The quantitative estimate of drug-likeness (QED) is 0.652. The molecule has 12 heavy (non-hydrogen) atoms. The zero-order valence-corrected chi connectivity index (χ0v) is 8.10. The van der Waals surface area contributed by atoms with E-state index in [4.69, 9.17) is 0 Å². The molecule has 0 fully saturated rings. The lowest BCUT2D eigenvalue weighted by atomic mass is 10.2. The van der Waals surface area contributed by atoms with Gasteiger partial charge in [-0.3, -0.25) is 0 Å². The lowest BCUT2D eigenvalue weighted by Crippen LogP contribution is -1.85. The topological polar surface area (TPSA) is 4.93 Å². The number of benzene rings is 1. The molecule has 2 rings (SSSR count). The number of nitrogens with zero attached hydrogens (tertiary/aromatic N) is 1. The number of hydrogen-bond acceptors (Lipinski definition) is 0. The van der Waals surface area contributed by atoms with Gasteiger partial charge in [0.15, 0.2) is 0 Å². The zero-order chi connectivity index (χ0) is 8.72. The van der Waals surface area contributed by atoms with Gasteiger partial charge in [0, 0.05) is 18.6 Å². The lowest BCUT2D eigenvalue weighted by Gasteiger charge is -1.98. The second-order valence-corrected chi connectivity index (χ2v) is 3.58. The minimum absolute atomic E-state index is 0.187. The van der Waals surface area contributed by atoms with Crippen LogP contribution >= 0.6 is 15.9 Å². The first kappa shape index (κ1) is 7.80. The van der Waals surface area contributed by atoms with Crippen molar-refractivity contribution in [1.29, 1.82) is 0 Å². The Hall–Kier alpha value is -0.830. The van der Waals surface area contributed by atoms with E-state index in [1.807, 2.05) is 23.9 Å². The van der Waals surface area contributed by atoms with Crippen LogP contribution in [0.15, 0.2) is 28.9 Å². The Balaban J connectivity index is 2.93. The van der Waals surface area contributed by atoms with Crippen molar-refractivity contribution in [2.24, 2.45) is 7.05 Å². The first-order valence-electron chi connectivity index (χ1n) is 3.59. The first-order chi connectivity index (χ1) is 5.70. The molecule has 1 aromatic heterocycles. The predicted molar refractivity (Wildman–Crippen MR) is 50.6 cm³/mol. The van der Waals surface area contributed by atoms with Crippen molar-refractivity contribution in [3.63, 3.8) is 0 Å². The van der Waals surface area contributed by atoms with E-state index in [-0.39, 0.29) is 5.82 Å². The Morgan fingerprint density at radius 2 is 2.08 bits per heavy atom. The molecule has 0 unspecified atom stereocenters. The second-order valence-electron chi connectivity index (χ2n) is 2.72. The minimum Gasteiger partial charge on any atom is -0.350 e. The van der Waals surface area contributed by atoms with Gasteiger partial charge in [-0.2, -0.15) is 0 Å². The van der Waals surface area contributed by atoms with Crippen LogP contribution in [-0.2, 0) is 7.05 Å². The molecule has 62 valence electrons. The summed E-state index contributed by atoms with van der Waals surface area (Å²) in [6.07, 6.45) is 1.85. The number of halogens is 2. The smallest absolute Gasteiger partial charge is 0.146 e. The average molecular weight is 228 g/mol. The molecule has 0 aliphatic rings. The Morgan fingerprint density at radius 1 is 1.33 bits per heavy atom. The summed E-state index contributed by atoms with van der Waals surface area (Å²) in [4.78, 5) is 0. The maximum Gasteiger partial charge on any atom is 0.146 e. The third-order valence-electron chi connectivity index (χ3n) is 1.95. The summed E-state index contributed by atoms with van der Waals surface area (Å²) in [5.41, 5.74) is 0.913. The molecule has 0 radical (unpaired) electrons. The van der Waals surface area contributed by atoms with Crippen LogP contribution in [0, 0.1) is 5.82 Å². The summed E-state index contributed by atoms with van der Waals surface area (Å²) >= 11 is 3.14. The Kier molecular flexibility index (Phi) is 1.68. The number of rotatable bonds is 0. The summed E-state index contributed by atoms with van der Waals surface area (Å²) in [5, 5.41) is 0.659. The molecule has 0 saturated carbocycles. The average Bonchev–Trinajstić information content (AvgIpc) is 2.41. The largest absolute Gasteiger partial charge is 0.350 e. The van der Waals surface area contributed by atoms with Gasteiger partial charge in [-0.1, -0.05) is 0 Å². The van der Waals surface area contributed by atoms with Crippen molar-refractivity contribution in [1.82, 2.24) is 4.57 Å². The normalized spacial score (nSPS) is 10.9. The number of hydrogen-bond donors (Lipinski definition) is 0. The first-order valence-corrected chi connectivity index (χ1v) is 4.38. The molecule has 0 amide bonds. The molecule has 0 aliphatic carbocycles. The Bertz CT molecular complexity index is 433. The molecule has 3 heteroatoms. The van der Waals surface area contributed by atoms with Gasteiger partial charge in [-0.25, -0.2) is 4.39 Å². The molecule has 1 heterocycles. The van der Waals surface area contributed by atoms with Gasteiger partial charge in [0.1, 0.15) is 5.82 Å². The van der Waals surface area contributed by atoms with E-state index in [0.717, 1.165) is 5.52 Å². The van der Waals surface area contributed by atoms with Crippen molar-refractivity contribution >= 4 is 26.8 Å². The minimum atomic E-state index is -0.187. The molecular weight excluding hydrogens is 221 g/mol. The molecule has 2 aromatic rings. The summed E-state index contributed by atoms with van der Waals surface area (Å²) in [7, 11) is 1.90. The number of aromatic nitrogens is 1. The van der Waals surface area contributed by atoms with Gasteiger partial charge in [0.25, 0.3) is 0 Å². The van der Waals surface area contributed by atoms with Crippen molar-refractivity contribution < 1.29 is 4.39 Å².